The van der Waals surface area contributed by atoms with Crippen LogP contribution in [0.2, 0.25) is 0 Å². The molecule has 20 heavy (non-hydrogen) atoms. The van der Waals surface area contributed by atoms with Crippen LogP contribution in [0.5, 0.6) is 5.75 Å². The zero-order valence-corrected chi connectivity index (χ0v) is 11.3. The summed E-state index contributed by atoms with van der Waals surface area (Å²) < 4.78 is 41.3. The largest absolute Gasteiger partial charge is 0.432 e. The Morgan fingerprint density at radius 3 is 2.60 bits per heavy atom. The molecule has 0 spiro atoms. The van der Waals surface area contributed by atoms with E-state index in [2.05, 4.69) is 10.1 Å². The van der Waals surface area contributed by atoms with Crippen LogP contribution in [0.25, 0.3) is 0 Å². The highest BCUT2D eigenvalue weighted by Gasteiger charge is 2.14. The van der Waals surface area contributed by atoms with E-state index in [1.807, 2.05) is 0 Å². The van der Waals surface area contributed by atoms with Gasteiger partial charge in [0.05, 0.1) is 0 Å². The molecule has 7 heteroatoms. The Hall–Kier alpha value is -1.76. The van der Waals surface area contributed by atoms with E-state index in [4.69, 9.17) is 5.73 Å². The summed E-state index contributed by atoms with van der Waals surface area (Å²) in [7, 11) is 0. The summed E-state index contributed by atoms with van der Waals surface area (Å²) >= 11 is 0. The summed E-state index contributed by atoms with van der Waals surface area (Å²) in [4.78, 5) is 11.6. The molecule has 0 unspecified atom stereocenters. The second-order valence-corrected chi connectivity index (χ2v) is 5.06. The van der Waals surface area contributed by atoms with Gasteiger partial charge in [-0.15, -0.1) is 0 Å². The molecule has 0 saturated carbocycles. The van der Waals surface area contributed by atoms with Crippen LogP contribution in [-0.4, -0.2) is 18.1 Å². The maximum absolute atomic E-state index is 13.4. The molecule has 0 aromatic heterocycles. The lowest BCUT2D eigenvalue weighted by Gasteiger charge is -2.17. The molecule has 1 aromatic carbocycles. The van der Waals surface area contributed by atoms with E-state index < -0.39 is 23.7 Å². The molecule has 0 atom stereocenters. The number of nitrogens with one attached hydrogen (secondary N) is 1. The summed E-state index contributed by atoms with van der Waals surface area (Å²) in [6.45, 7) is 0.476. The molecule has 0 aliphatic heterocycles. The molecule has 0 radical (unpaired) electrons. The number of nitrogens with two attached hydrogens (primary N) is 1. The van der Waals surface area contributed by atoms with Gasteiger partial charge in [-0.05, 0) is 32.4 Å². The van der Waals surface area contributed by atoms with Crippen molar-refractivity contribution in [2.75, 3.05) is 5.32 Å². The molecule has 0 aliphatic carbocycles. The fourth-order valence-corrected chi connectivity index (χ4v) is 1.43. The van der Waals surface area contributed by atoms with Gasteiger partial charge in [0.2, 0.25) is 5.91 Å². The first-order valence-electron chi connectivity index (χ1n) is 6.00. The molecular weight excluding hydrogens is 273 g/mol. The Morgan fingerprint density at radius 1 is 1.45 bits per heavy atom. The lowest BCUT2D eigenvalue weighted by atomic mass is 10.00. The van der Waals surface area contributed by atoms with Crippen molar-refractivity contribution in [2.45, 2.75) is 38.8 Å². The third kappa shape index (κ3) is 5.92. The molecule has 1 rings (SSSR count). The van der Waals surface area contributed by atoms with Gasteiger partial charge in [-0.3, -0.25) is 4.79 Å². The highest BCUT2D eigenvalue weighted by Crippen LogP contribution is 2.23. The standard InChI is InChI=1S/C13H17F3N2O2/c1-13(2,17)6-5-11(19)18-8-3-4-10(9(14)7-8)20-12(15)16/h3-4,7,12H,5-6,17H2,1-2H3,(H,18,19). The predicted octanol–water partition coefficient (Wildman–Crippen LogP) is 2.88. The molecule has 3 N–H and O–H groups in total. The number of rotatable bonds is 6. The number of ether oxygens (including phenoxy) is 1. The second-order valence-electron chi connectivity index (χ2n) is 5.06. The van der Waals surface area contributed by atoms with Gasteiger partial charge in [-0.2, -0.15) is 8.78 Å². The Kier molecular flexibility index (Phi) is 5.38. The normalized spacial score (nSPS) is 11.6. The number of benzene rings is 1. The lowest BCUT2D eigenvalue weighted by Crippen LogP contribution is -2.33. The minimum Gasteiger partial charge on any atom is -0.432 e. The van der Waals surface area contributed by atoms with Crippen molar-refractivity contribution in [3.8, 4) is 5.75 Å². The molecular formula is C13H17F3N2O2. The van der Waals surface area contributed by atoms with Crippen molar-refractivity contribution in [2.24, 2.45) is 5.73 Å². The third-order valence-corrected chi connectivity index (χ3v) is 2.43. The number of carbonyl (C=O) groups is 1. The first-order valence-corrected chi connectivity index (χ1v) is 6.00. The number of halogens is 3. The number of carbonyl (C=O) groups excluding carboxylic acids is 1. The summed E-state index contributed by atoms with van der Waals surface area (Å²) in [6.07, 6.45) is 0.647. The van der Waals surface area contributed by atoms with Gasteiger partial charge in [-0.25, -0.2) is 4.39 Å². The minimum atomic E-state index is -3.10. The summed E-state index contributed by atoms with van der Waals surface area (Å²) in [5, 5.41) is 2.46. The topological polar surface area (TPSA) is 64.4 Å². The van der Waals surface area contributed by atoms with Gasteiger partial charge < -0.3 is 15.8 Å². The summed E-state index contributed by atoms with van der Waals surface area (Å²) in [6, 6.07) is 3.24. The Bertz CT molecular complexity index is 473. The monoisotopic (exact) mass is 290 g/mol. The van der Waals surface area contributed by atoms with Crippen molar-refractivity contribution in [1.29, 1.82) is 0 Å². The van der Waals surface area contributed by atoms with E-state index in [1.54, 1.807) is 13.8 Å². The molecule has 1 amide bonds. The highest BCUT2D eigenvalue weighted by atomic mass is 19.3. The first kappa shape index (κ1) is 16.3. The van der Waals surface area contributed by atoms with Crippen LogP contribution in [0.4, 0.5) is 18.9 Å². The fraction of sp³-hybridized carbons (Fsp3) is 0.462. The van der Waals surface area contributed by atoms with Crippen LogP contribution >= 0.6 is 0 Å². The van der Waals surface area contributed by atoms with Crippen LogP contribution in [0.3, 0.4) is 0 Å². The number of anilines is 1. The van der Waals surface area contributed by atoms with Gasteiger partial charge >= 0.3 is 6.61 Å². The molecule has 1 aromatic rings. The van der Waals surface area contributed by atoms with Crippen molar-refractivity contribution in [3.63, 3.8) is 0 Å². The molecule has 0 heterocycles. The molecule has 4 nitrogen and oxygen atoms in total. The van der Waals surface area contributed by atoms with Crippen LogP contribution in [-0.2, 0) is 4.79 Å². The average molecular weight is 290 g/mol. The van der Waals surface area contributed by atoms with E-state index in [1.165, 1.54) is 6.07 Å². The van der Waals surface area contributed by atoms with Crippen LogP contribution in [0.15, 0.2) is 18.2 Å². The molecule has 112 valence electrons. The smallest absolute Gasteiger partial charge is 0.387 e. The van der Waals surface area contributed by atoms with E-state index in [9.17, 15) is 18.0 Å². The van der Waals surface area contributed by atoms with E-state index in [0.29, 0.717) is 6.42 Å². The zero-order chi connectivity index (χ0) is 15.3. The molecule has 0 bridgehead atoms. The van der Waals surface area contributed by atoms with Crippen molar-refractivity contribution < 1.29 is 22.7 Å². The van der Waals surface area contributed by atoms with E-state index in [0.717, 1.165) is 12.1 Å². The summed E-state index contributed by atoms with van der Waals surface area (Å²) in [5.41, 5.74) is 5.44. The predicted molar refractivity (Wildman–Crippen MR) is 69.2 cm³/mol. The van der Waals surface area contributed by atoms with Crippen LogP contribution in [0, 0.1) is 5.82 Å². The fourth-order valence-electron chi connectivity index (χ4n) is 1.43. The highest BCUT2D eigenvalue weighted by molar-refractivity contribution is 5.90. The number of amides is 1. The Balaban J connectivity index is 2.60. The van der Waals surface area contributed by atoms with Gasteiger partial charge in [-0.1, -0.05) is 0 Å². The SMILES string of the molecule is CC(C)(N)CCC(=O)Nc1ccc(OC(F)F)c(F)c1. The van der Waals surface area contributed by atoms with Gasteiger partial charge in [0.25, 0.3) is 0 Å². The molecule has 0 aliphatic rings. The van der Waals surface area contributed by atoms with Gasteiger partial charge in [0.15, 0.2) is 11.6 Å². The molecule has 0 saturated heterocycles. The van der Waals surface area contributed by atoms with Gasteiger partial charge in [0.1, 0.15) is 0 Å². The van der Waals surface area contributed by atoms with Crippen molar-refractivity contribution in [1.82, 2.24) is 0 Å². The molecule has 0 fully saturated rings. The Labute approximate surface area is 115 Å². The van der Waals surface area contributed by atoms with E-state index in [-0.39, 0.29) is 18.0 Å². The lowest BCUT2D eigenvalue weighted by molar-refractivity contribution is -0.116. The number of alkyl halides is 2. The quantitative estimate of drug-likeness (QED) is 0.846. The number of hydrogen-bond acceptors (Lipinski definition) is 3. The first-order chi connectivity index (χ1) is 9.17. The minimum absolute atomic E-state index is 0.170. The van der Waals surface area contributed by atoms with Crippen LogP contribution in [0.1, 0.15) is 26.7 Å². The van der Waals surface area contributed by atoms with Crippen molar-refractivity contribution in [3.05, 3.63) is 24.0 Å². The maximum Gasteiger partial charge on any atom is 0.387 e. The van der Waals surface area contributed by atoms with Crippen molar-refractivity contribution >= 4 is 11.6 Å². The maximum atomic E-state index is 13.4. The average Bonchev–Trinajstić information content (AvgIpc) is 2.29. The summed E-state index contributed by atoms with van der Waals surface area (Å²) in [5.74, 6) is -1.87. The third-order valence-electron chi connectivity index (χ3n) is 2.43. The number of hydrogen-bond donors (Lipinski definition) is 2. The zero-order valence-electron chi connectivity index (χ0n) is 11.3. The van der Waals surface area contributed by atoms with Gasteiger partial charge in [0, 0.05) is 23.7 Å². The Morgan fingerprint density at radius 2 is 2.10 bits per heavy atom. The van der Waals surface area contributed by atoms with Crippen LogP contribution < -0.4 is 15.8 Å². The second kappa shape index (κ2) is 6.60. The van der Waals surface area contributed by atoms with E-state index >= 15 is 0 Å².